The number of hydrogen-bond acceptors (Lipinski definition) is 3. The molecule has 3 atom stereocenters. The largest absolute Gasteiger partial charge is 0.396 e. The normalized spacial score (nSPS) is 30.8. The predicted molar refractivity (Wildman–Crippen MR) is 77.1 cm³/mol. The topological polar surface area (TPSA) is 35.5 Å². The number of piperidine rings is 1. The summed E-state index contributed by atoms with van der Waals surface area (Å²) < 4.78 is 1.09. The minimum absolute atomic E-state index is 0.236. The van der Waals surface area contributed by atoms with Gasteiger partial charge in [-0.3, -0.25) is 0 Å². The lowest BCUT2D eigenvalue weighted by atomic mass is 9.74. The van der Waals surface area contributed by atoms with E-state index in [0.29, 0.717) is 12.0 Å². The molecule has 3 rings (SSSR count). The van der Waals surface area contributed by atoms with Crippen LogP contribution in [-0.2, 0) is 0 Å². The zero-order valence-electron chi connectivity index (χ0n) is 10.6. The van der Waals surface area contributed by atoms with E-state index in [1.165, 1.54) is 11.3 Å². The van der Waals surface area contributed by atoms with Crippen LogP contribution >= 0.6 is 15.9 Å². The molecule has 1 aromatic carbocycles. The Morgan fingerprint density at radius 2 is 2.33 bits per heavy atom. The Balaban J connectivity index is 2.08. The van der Waals surface area contributed by atoms with Gasteiger partial charge in [0.25, 0.3) is 0 Å². The highest BCUT2D eigenvalue weighted by molar-refractivity contribution is 9.10. The second kappa shape index (κ2) is 4.83. The summed E-state index contributed by atoms with van der Waals surface area (Å²) >= 11 is 3.54. The van der Waals surface area contributed by atoms with Crippen molar-refractivity contribution in [1.29, 1.82) is 0 Å². The van der Waals surface area contributed by atoms with Gasteiger partial charge in [-0.15, -0.1) is 0 Å². The predicted octanol–water partition coefficient (Wildman–Crippen LogP) is 1.95. The molecular formula is C14H19BrN2O. The van der Waals surface area contributed by atoms with Gasteiger partial charge in [0.1, 0.15) is 0 Å². The monoisotopic (exact) mass is 310 g/mol. The summed E-state index contributed by atoms with van der Waals surface area (Å²) in [6.07, 6.45) is 1.16. The molecular weight excluding hydrogens is 292 g/mol. The molecule has 2 N–H and O–H groups in total. The lowest BCUT2D eigenvalue weighted by molar-refractivity contribution is 0.178. The van der Waals surface area contributed by atoms with Crippen LogP contribution in [-0.4, -0.2) is 37.9 Å². The van der Waals surface area contributed by atoms with E-state index in [4.69, 9.17) is 0 Å². The van der Waals surface area contributed by atoms with Crippen LogP contribution in [0.1, 0.15) is 17.9 Å². The van der Waals surface area contributed by atoms with Gasteiger partial charge >= 0.3 is 0 Å². The smallest absolute Gasteiger partial charge is 0.0504 e. The highest BCUT2D eigenvalue weighted by atomic mass is 79.9. The number of halogens is 1. The molecule has 0 spiro atoms. The molecule has 2 heterocycles. The van der Waals surface area contributed by atoms with Crippen LogP contribution in [0.2, 0.25) is 0 Å². The first-order valence-corrected chi connectivity index (χ1v) is 7.35. The molecule has 18 heavy (non-hydrogen) atoms. The average Bonchev–Trinajstić information content (AvgIpc) is 2.39. The molecule has 0 aliphatic carbocycles. The molecule has 2 aliphatic rings. The molecule has 3 nitrogen and oxygen atoms in total. The third-order valence-corrected chi connectivity index (χ3v) is 4.96. The Kier molecular flexibility index (Phi) is 3.34. The second-order valence-corrected chi connectivity index (χ2v) is 6.24. The van der Waals surface area contributed by atoms with Crippen molar-refractivity contribution >= 4 is 21.6 Å². The summed E-state index contributed by atoms with van der Waals surface area (Å²) in [5.41, 5.74) is 2.56. The van der Waals surface area contributed by atoms with Crippen LogP contribution in [0.15, 0.2) is 22.7 Å². The van der Waals surface area contributed by atoms with E-state index in [1.54, 1.807) is 0 Å². The van der Waals surface area contributed by atoms with Gasteiger partial charge in [0.05, 0.1) is 6.61 Å². The van der Waals surface area contributed by atoms with Crippen molar-refractivity contribution < 1.29 is 5.11 Å². The highest BCUT2D eigenvalue weighted by Gasteiger charge is 2.40. The summed E-state index contributed by atoms with van der Waals surface area (Å²) in [4.78, 5) is 2.40. The molecule has 0 amide bonds. The molecule has 2 aliphatic heterocycles. The van der Waals surface area contributed by atoms with Crippen molar-refractivity contribution in [3.63, 3.8) is 0 Å². The van der Waals surface area contributed by atoms with E-state index in [1.807, 2.05) is 0 Å². The fraction of sp³-hybridized carbons (Fsp3) is 0.571. The van der Waals surface area contributed by atoms with Crippen LogP contribution < -0.4 is 10.2 Å². The summed E-state index contributed by atoms with van der Waals surface area (Å²) in [6, 6.07) is 6.97. The average molecular weight is 311 g/mol. The van der Waals surface area contributed by atoms with E-state index >= 15 is 0 Å². The Morgan fingerprint density at radius 1 is 1.50 bits per heavy atom. The molecule has 0 bridgehead atoms. The van der Waals surface area contributed by atoms with Crippen molar-refractivity contribution in [2.24, 2.45) is 5.92 Å². The fourth-order valence-electron chi connectivity index (χ4n) is 3.55. The van der Waals surface area contributed by atoms with Gasteiger partial charge in [-0.25, -0.2) is 0 Å². The fourth-order valence-corrected chi connectivity index (χ4v) is 3.93. The number of nitrogens with one attached hydrogen (secondary N) is 1. The number of nitrogens with zero attached hydrogens (tertiary/aromatic N) is 1. The molecule has 1 saturated heterocycles. The number of aliphatic hydroxyl groups excluding tert-OH is 1. The second-order valence-electron chi connectivity index (χ2n) is 5.33. The van der Waals surface area contributed by atoms with Crippen molar-refractivity contribution in [2.75, 3.05) is 31.6 Å². The van der Waals surface area contributed by atoms with Crippen LogP contribution in [0.4, 0.5) is 5.69 Å². The number of fused-ring (bicyclic) bond motifs is 2. The third-order valence-electron chi connectivity index (χ3n) is 4.47. The minimum Gasteiger partial charge on any atom is -0.396 e. The van der Waals surface area contributed by atoms with Crippen molar-refractivity contribution in [2.45, 2.75) is 18.4 Å². The zero-order chi connectivity index (χ0) is 12.7. The lowest BCUT2D eigenvalue weighted by Crippen LogP contribution is -2.54. The molecule has 0 saturated carbocycles. The summed E-state index contributed by atoms with van der Waals surface area (Å²) in [6.45, 7) is 2.32. The Morgan fingerprint density at radius 3 is 3.11 bits per heavy atom. The SMILES string of the molecule is CN1c2ccc(Br)cc2C(CO)C2CNCCC21. The van der Waals surface area contributed by atoms with Gasteiger partial charge in [0, 0.05) is 41.6 Å². The van der Waals surface area contributed by atoms with Crippen LogP contribution in [0, 0.1) is 5.92 Å². The first kappa shape index (κ1) is 12.5. The molecule has 0 radical (unpaired) electrons. The number of rotatable bonds is 1. The van der Waals surface area contributed by atoms with Crippen LogP contribution in [0.5, 0.6) is 0 Å². The maximum Gasteiger partial charge on any atom is 0.0504 e. The Hall–Kier alpha value is -0.580. The number of benzene rings is 1. The van der Waals surface area contributed by atoms with E-state index < -0.39 is 0 Å². The van der Waals surface area contributed by atoms with Gasteiger partial charge in [-0.2, -0.15) is 0 Å². The van der Waals surface area contributed by atoms with Gasteiger partial charge < -0.3 is 15.3 Å². The highest BCUT2D eigenvalue weighted by Crippen LogP contribution is 2.43. The summed E-state index contributed by atoms with van der Waals surface area (Å²) in [5.74, 6) is 0.766. The standard InChI is InChI=1S/C14H19BrN2O/c1-17-13-3-2-9(15)6-10(13)12(8-18)11-7-16-5-4-14(11)17/h2-3,6,11-12,14,16,18H,4-5,7-8H2,1H3. The summed E-state index contributed by atoms with van der Waals surface area (Å²) in [7, 11) is 2.18. The van der Waals surface area contributed by atoms with E-state index in [-0.39, 0.29) is 12.5 Å². The zero-order valence-corrected chi connectivity index (χ0v) is 12.2. The molecule has 98 valence electrons. The lowest BCUT2D eigenvalue weighted by Gasteiger charge is -2.48. The van der Waals surface area contributed by atoms with Crippen molar-refractivity contribution in [3.05, 3.63) is 28.2 Å². The minimum atomic E-state index is 0.236. The first-order chi connectivity index (χ1) is 8.72. The summed E-state index contributed by atoms with van der Waals surface area (Å²) in [5, 5.41) is 13.3. The van der Waals surface area contributed by atoms with Gasteiger partial charge in [0.15, 0.2) is 0 Å². The van der Waals surface area contributed by atoms with Crippen molar-refractivity contribution in [3.8, 4) is 0 Å². The van der Waals surface area contributed by atoms with E-state index in [2.05, 4.69) is 51.4 Å². The van der Waals surface area contributed by atoms with Crippen LogP contribution in [0.3, 0.4) is 0 Å². The maximum atomic E-state index is 9.79. The number of hydrogen-bond donors (Lipinski definition) is 2. The third kappa shape index (κ3) is 1.87. The van der Waals surface area contributed by atoms with Crippen molar-refractivity contribution in [1.82, 2.24) is 5.32 Å². The van der Waals surface area contributed by atoms with E-state index in [9.17, 15) is 5.11 Å². The molecule has 0 aromatic heterocycles. The molecule has 1 fully saturated rings. The maximum absolute atomic E-state index is 9.79. The number of anilines is 1. The Bertz CT molecular complexity index is 451. The Labute approximate surface area is 116 Å². The quantitative estimate of drug-likeness (QED) is 0.832. The molecule has 4 heteroatoms. The van der Waals surface area contributed by atoms with Gasteiger partial charge in [-0.1, -0.05) is 15.9 Å². The molecule has 3 unspecified atom stereocenters. The van der Waals surface area contributed by atoms with Gasteiger partial charge in [-0.05, 0) is 36.7 Å². The molecule has 1 aromatic rings. The van der Waals surface area contributed by atoms with E-state index in [0.717, 1.165) is 24.0 Å². The van der Waals surface area contributed by atoms with Crippen LogP contribution in [0.25, 0.3) is 0 Å². The number of aliphatic hydroxyl groups is 1. The van der Waals surface area contributed by atoms with Gasteiger partial charge in [0.2, 0.25) is 0 Å². The first-order valence-electron chi connectivity index (χ1n) is 6.56.